The van der Waals surface area contributed by atoms with Gasteiger partial charge < -0.3 is 14.0 Å². The van der Waals surface area contributed by atoms with Crippen LogP contribution in [0, 0.1) is 13.8 Å². The van der Waals surface area contributed by atoms with Gasteiger partial charge in [-0.15, -0.1) is 0 Å². The molecule has 0 bridgehead atoms. The summed E-state index contributed by atoms with van der Waals surface area (Å²) in [7, 11) is 1.85. The van der Waals surface area contributed by atoms with Crippen molar-refractivity contribution in [3.05, 3.63) is 35.9 Å². The van der Waals surface area contributed by atoms with Gasteiger partial charge in [-0.1, -0.05) is 0 Å². The minimum Gasteiger partial charge on any atom is -0.336 e. The number of aromatic nitrogens is 4. The standard InChI is InChI=1S/C15H21N5O/c1-11-10-17-12(2)20(11)13-4-7-19(8-5-13)15(21)14-16-6-9-18(14)3/h6,9-10,13H,4-5,7-8H2,1-3H3. The number of rotatable bonds is 2. The van der Waals surface area contributed by atoms with Crippen LogP contribution in [0.25, 0.3) is 0 Å². The van der Waals surface area contributed by atoms with Crippen LogP contribution < -0.4 is 0 Å². The zero-order chi connectivity index (χ0) is 15.0. The molecule has 2 aromatic rings. The van der Waals surface area contributed by atoms with Gasteiger partial charge in [-0.3, -0.25) is 4.79 Å². The molecule has 0 radical (unpaired) electrons. The topological polar surface area (TPSA) is 56.0 Å². The summed E-state index contributed by atoms with van der Waals surface area (Å²) < 4.78 is 4.07. The molecule has 3 rings (SSSR count). The van der Waals surface area contributed by atoms with Crippen molar-refractivity contribution in [2.75, 3.05) is 13.1 Å². The Balaban J connectivity index is 1.68. The third-order valence-electron chi connectivity index (χ3n) is 4.30. The van der Waals surface area contributed by atoms with Crippen molar-refractivity contribution in [2.24, 2.45) is 7.05 Å². The molecule has 21 heavy (non-hydrogen) atoms. The quantitative estimate of drug-likeness (QED) is 0.845. The van der Waals surface area contributed by atoms with E-state index in [1.54, 1.807) is 17.0 Å². The van der Waals surface area contributed by atoms with Crippen LogP contribution in [0.1, 0.15) is 41.0 Å². The van der Waals surface area contributed by atoms with Crippen LogP contribution in [-0.2, 0) is 7.05 Å². The first-order chi connectivity index (χ1) is 10.1. The fourth-order valence-corrected chi connectivity index (χ4v) is 3.16. The molecule has 6 nitrogen and oxygen atoms in total. The van der Waals surface area contributed by atoms with E-state index in [0.717, 1.165) is 31.8 Å². The second-order valence-corrected chi connectivity index (χ2v) is 5.70. The number of hydrogen-bond donors (Lipinski definition) is 0. The van der Waals surface area contributed by atoms with E-state index < -0.39 is 0 Å². The Morgan fingerprint density at radius 1 is 1.24 bits per heavy atom. The molecule has 2 aromatic heterocycles. The lowest BCUT2D eigenvalue weighted by molar-refractivity contribution is 0.0677. The summed E-state index contributed by atoms with van der Waals surface area (Å²) in [5.74, 6) is 1.60. The predicted octanol–water partition coefficient (Wildman–Crippen LogP) is 1.71. The summed E-state index contributed by atoms with van der Waals surface area (Å²) >= 11 is 0. The number of hydrogen-bond acceptors (Lipinski definition) is 3. The molecule has 0 atom stereocenters. The second-order valence-electron chi connectivity index (χ2n) is 5.70. The minimum absolute atomic E-state index is 0.0278. The molecular weight excluding hydrogens is 266 g/mol. The van der Waals surface area contributed by atoms with Gasteiger partial charge in [0, 0.05) is 50.5 Å². The van der Waals surface area contributed by atoms with Gasteiger partial charge in [0.1, 0.15) is 5.82 Å². The monoisotopic (exact) mass is 287 g/mol. The maximum atomic E-state index is 12.4. The van der Waals surface area contributed by atoms with E-state index in [0.29, 0.717) is 11.9 Å². The zero-order valence-corrected chi connectivity index (χ0v) is 12.8. The molecule has 112 valence electrons. The van der Waals surface area contributed by atoms with Crippen molar-refractivity contribution in [2.45, 2.75) is 32.7 Å². The van der Waals surface area contributed by atoms with Crippen LogP contribution in [0.15, 0.2) is 18.6 Å². The van der Waals surface area contributed by atoms with Crippen LogP contribution in [0.2, 0.25) is 0 Å². The lowest BCUT2D eigenvalue weighted by Gasteiger charge is -2.33. The third kappa shape index (κ3) is 2.46. The van der Waals surface area contributed by atoms with E-state index in [9.17, 15) is 4.79 Å². The number of nitrogens with zero attached hydrogens (tertiary/aromatic N) is 5. The van der Waals surface area contributed by atoms with Crippen LogP contribution in [-0.4, -0.2) is 43.0 Å². The number of piperidine rings is 1. The molecule has 1 amide bonds. The Labute approximate surface area is 124 Å². The van der Waals surface area contributed by atoms with Crippen molar-refractivity contribution >= 4 is 5.91 Å². The highest BCUT2D eigenvalue weighted by atomic mass is 16.2. The highest BCUT2D eigenvalue weighted by Crippen LogP contribution is 2.26. The zero-order valence-electron chi connectivity index (χ0n) is 12.8. The molecule has 0 N–H and O–H groups in total. The summed E-state index contributed by atoms with van der Waals surface area (Å²) in [6.45, 7) is 5.67. The SMILES string of the molecule is Cc1cnc(C)n1C1CCN(C(=O)c2nccn2C)CC1. The number of imidazole rings is 2. The molecule has 0 unspecified atom stereocenters. The van der Waals surface area contributed by atoms with Gasteiger partial charge in [0.2, 0.25) is 0 Å². The Bertz CT molecular complexity index is 629. The Kier molecular flexibility index (Phi) is 3.53. The van der Waals surface area contributed by atoms with Crippen molar-refractivity contribution in [3.63, 3.8) is 0 Å². The normalized spacial score (nSPS) is 16.4. The van der Waals surface area contributed by atoms with Crippen molar-refractivity contribution in [3.8, 4) is 0 Å². The van der Waals surface area contributed by atoms with Gasteiger partial charge >= 0.3 is 0 Å². The van der Waals surface area contributed by atoms with Gasteiger partial charge in [0.05, 0.1) is 0 Å². The molecule has 1 saturated heterocycles. The smallest absolute Gasteiger partial charge is 0.289 e. The number of likely N-dealkylation sites (tertiary alicyclic amines) is 1. The molecule has 3 heterocycles. The molecule has 0 aliphatic carbocycles. The molecule has 0 spiro atoms. The average Bonchev–Trinajstić information content (AvgIpc) is 3.05. The summed E-state index contributed by atoms with van der Waals surface area (Å²) in [5, 5.41) is 0. The number of amides is 1. The largest absolute Gasteiger partial charge is 0.336 e. The van der Waals surface area contributed by atoms with E-state index in [-0.39, 0.29) is 5.91 Å². The van der Waals surface area contributed by atoms with Gasteiger partial charge in [-0.2, -0.15) is 0 Å². The van der Waals surface area contributed by atoms with Crippen molar-refractivity contribution < 1.29 is 4.79 Å². The van der Waals surface area contributed by atoms with Gasteiger partial charge in [-0.05, 0) is 26.7 Å². The molecule has 0 aromatic carbocycles. The Morgan fingerprint density at radius 2 is 1.95 bits per heavy atom. The molecule has 6 heteroatoms. The highest BCUT2D eigenvalue weighted by molar-refractivity contribution is 5.90. The fourth-order valence-electron chi connectivity index (χ4n) is 3.16. The summed E-state index contributed by atoms with van der Waals surface area (Å²) in [5.41, 5.74) is 1.20. The van der Waals surface area contributed by atoms with Gasteiger partial charge in [-0.25, -0.2) is 9.97 Å². The second kappa shape index (κ2) is 5.35. The maximum absolute atomic E-state index is 12.4. The van der Waals surface area contributed by atoms with Gasteiger partial charge in [0.15, 0.2) is 5.82 Å². The van der Waals surface area contributed by atoms with E-state index in [1.807, 2.05) is 25.1 Å². The lowest BCUT2D eigenvalue weighted by Crippen LogP contribution is -2.40. The summed E-state index contributed by atoms with van der Waals surface area (Å²) in [6.07, 6.45) is 7.32. The van der Waals surface area contributed by atoms with Crippen LogP contribution >= 0.6 is 0 Å². The first-order valence-corrected chi connectivity index (χ1v) is 7.35. The third-order valence-corrected chi connectivity index (χ3v) is 4.30. The average molecular weight is 287 g/mol. The van der Waals surface area contributed by atoms with Crippen molar-refractivity contribution in [1.82, 2.24) is 24.0 Å². The number of carbonyl (C=O) groups is 1. The predicted molar refractivity (Wildman–Crippen MR) is 79.1 cm³/mol. The van der Waals surface area contributed by atoms with E-state index >= 15 is 0 Å². The molecule has 1 fully saturated rings. The van der Waals surface area contributed by atoms with Crippen LogP contribution in [0.3, 0.4) is 0 Å². The van der Waals surface area contributed by atoms with E-state index in [1.165, 1.54) is 5.69 Å². The van der Waals surface area contributed by atoms with Crippen molar-refractivity contribution in [1.29, 1.82) is 0 Å². The first kappa shape index (κ1) is 13.9. The maximum Gasteiger partial charge on any atom is 0.289 e. The highest BCUT2D eigenvalue weighted by Gasteiger charge is 2.27. The summed E-state index contributed by atoms with van der Waals surface area (Å²) in [6, 6.07) is 0.443. The first-order valence-electron chi connectivity index (χ1n) is 7.35. The fraction of sp³-hybridized carbons (Fsp3) is 0.533. The molecular formula is C15H21N5O. The number of aryl methyl sites for hydroxylation is 3. The summed E-state index contributed by atoms with van der Waals surface area (Å²) in [4.78, 5) is 22.8. The molecule has 1 aliphatic heterocycles. The lowest BCUT2D eigenvalue weighted by atomic mass is 10.0. The van der Waals surface area contributed by atoms with Crippen LogP contribution in [0.5, 0.6) is 0 Å². The minimum atomic E-state index is 0.0278. The van der Waals surface area contributed by atoms with E-state index in [2.05, 4.69) is 21.5 Å². The van der Waals surface area contributed by atoms with Gasteiger partial charge in [0.25, 0.3) is 5.91 Å². The van der Waals surface area contributed by atoms with Crippen LogP contribution in [0.4, 0.5) is 0 Å². The number of carbonyl (C=O) groups excluding carboxylic acids is 1. The van der Waals surface area contributed by atoms with E-state index in [4.69, 9.17) is 0 Å². The Morgan fingerprint density at radius 3 is 2.48 bits per heavy atom. The Hall–Kier alpha value is -2.11. The molecule has 0 saturated carbocycles. The molecule has 1 aliphatic rings.